The van der Waals surface area contributed by atoms with Gasteiger partial charge in [0.2, 0.25) is 0 Å². The van der Waals surface area contributed by atoms with Crippen molar-refractivity contribution in [3.63, 3.8) is 0 Å². The number of benzene rings is 1. The Morgan fingerprint density at radius 1 is 1.19 bits per heavy atom. The number of likely N-dealkylation sites (tertiary alicyclic amines) is 1. The summed E-state index contributed by atoms with van der Waals surface area (Å²) in [5, 5.41) is 9.87. The van der Waals surface area contributed by atoms with Crippen molar-refractivity contribution >= 4 is 23.7 Å². The number of nitrogens with zero attached hydrogens (tertiary/aromatic N) is 1. The number of carbonyl (C=O) groups is 2. The molecule has 36 heavy (non-hydrogen) atoms. The molecule has 3 unspecified atom stereocenters. The third-order valence-electron chi connectivity index (χ3n) is 7.45. The van der Waals surface area contributed by atoms with E-state index in [1.54, 1.807) is 0 Å². The fraction of sp³-hybridized carbons (Fsp3) is 0.704. The zero-order chi connectivity index (χ0) is 25.9. The molecule has 0 aromatic heterocycles. The lowest BCUT2D eigenvalue weighted by Gasteiger charge is -2.38. The number of methoxy groups -OCH3 is 1. The molecule has 1 heterocycles. The number of hydrogen-bond acceptors (Lipinski definition) is 5. The molecule has 1 aromatic rings. The Morgan fingerprint density at radius 3 is 2.69 bits per heavy atom. The van der Waals surface area contributed by atoms with E-state index in [-0.39, 0.29) is 24.1 Å². The molecule has 2 fully saturated rings. The Morgan fingerprint density at radius 2 is 1.97 bits per heavy atom. The number of amides is 3. The van der Waals surface area contributed by atoms with Crippen molar-refractivity contribution in [1.29, 1.82) is 0 Å². The number of rotatable bonds is 11. The minimum absolute atomic E-state index is 0.00636. The van der Waals surface area contributed by atoms with E-state index >= 15 is 0 Å². The fourth-order valence-electron chi connectivity index (χ4n) is 5.60. The van der Waals surface area contributed by atoms with Crippen molar-refractivity contribution < 1.29 is 19.1 Å². The molecule has 2 aliphatic rings. The van der Waals surface area contributed by atoms with Gasteiger partial charge in [0.25, 0.3) is 0 Å². The Labute approximate surface area is 220 Å². The van der Waals surface area contributed by atoms with Crippen molar-refractivity contribution in [2.75, 3.05) is 46.9 Å². The molecular weight excluding hydrogens is 480 g/mol. The summed E-state index contributed by atoms with van der Waals surface area (Å²) in [5.74, 6) is 0.831. The van der Waals surface area contributed by atoms with Crippen molar-refractivity contribution in [3.8, 4) is 0 Å². The van der Waals surface area contributed by atoms with Gasteiger partial charge in [0.15, 0.2) is 0 Å². The Hall–Kier alpha value is -2.03. The summed E-state index contributed by atoms with van der Waals surface area (Å²) in [6, 6.07) is 5.98. The van der Waals surface area contributed by atoms with Crippen LogP contribution in [0.2, 0.25) is 5.02 Å². The topological polar surface area (TPSA) is 91.9 Å². The number of halogens is 1. The average molecular weight is 523 g/mol. The summed E-state index contributed by atoms with van der Waals surface area (Å²) in [4.78, 5) is 26.7. The van der Waals surface area contributed by atoms with E-state index in [0.717, 1.165) is 43.5 Å². The third kappa shape index (κ3) is 8.53. The molecule has 202 valence electrons. The molecule has 1 aliphatic heterocycles. The highest BCUT2D eigenvalue weighted by atomic mass is 35.5. The predicted molar refractivity (Wildman–Crippen MR) is 142 cm³/mol. The lowest BCUT2D eigenvalue weighted by Crippen LogP contribution is -2.51. The van der Waals surface area contributed by atoms with Gasteiger partial charge >= 0.3 is 12.1 Å². The number of hydrogen-bond donors (Lipinski definition) is 3. The van der Waals surface area contributed by atoms with Gasteiger partial charge in [-0.05, 0) is 62.4 Å². The number of carbonyl (C=O) groups excluding carboxylic acids is 2. The van der Waals surface area contributed by atoms with E-state index in [2.05, 4.69) is 20.7 Å². The van der Waals surface area contributed by atoms with Crippen LogP contribution in [-0.4, -0.2) is 70.0 Å². The third-order valence-corrected chi connectivity index (χ3v) is 7.68. The van der Waals surface area contributed by atoms with Gasteiger partial charge in [-0.2, -0.15) is 0 Å². The van der Waals surface area contributed by atoms with Crippen LogP contribution in [0.3, 0.4) is 0 Å². The van der Waals surface area contributed by atoms with E-state index in [4.69, 9.17) is 16.3 Å². The van der Waals surface area contributed by atoms with Gasteiger partial charge in [-0.25, -0.2) is 9.59 Å². The first-order valence-corrected chi connectivity index (χ1v) is 13.7. The molecule has 1 aliphatic carbocycles. The average Bonchev–Trinajstić information content (AvgIpc) is 3.39. The number of ether oxygens (including phenoxy) is 2. The van der Waals surface area contributed by atoms with Crippen LogP contribution in [0.25, 0.3) is 0 Å². The number of aryl methyl sites for hydroxylation is 1. The number of alkyl carbamates (subject to hydrolysis) is 1. The molecule has 3 N–H and O–H groups in total. The van der Waals surface area contributed by atoms with Crippen LogP contribution in [0, 0.1) is 18.8 Å². The number of nitrogens with one attached hydrogen (secondary N) is 3. The molecule has 0 radical (unpaired) electrons. The molecule has 1 saturated heterocycles. The summed E-state index contributed by atoms with van der Waals surface area (Å²) in [6.45, 7) is 4.85. The van der Waals surface area contributed by atoms with E-state index < -0.39 is 6.09 Å². The van der Waals surface area contributed by atoms with Crippen molar-refractivity contribution in [3.05, 3.63) is 34.3 Å². The lowest BCUT2D eigenvalue weighted by atomic mass is 9.86. The molecule has 1 aromatic carbocycles. The number of likely N-dealkylation sites (N-methyl/N-ethyl adjacent to an activating group) is 1. The quantitative estimate of drug-likeness (QED) is 0.368. The van der Waals surface area contributed by atoms with Crippen LogP contribution in [0.4, 0.5) is 9.59 Å². The van der Waals surface area contributed by atoms with Crippen LogP contribution < -0.4 is 16.0 Å². The number of urea groups is 1. The zero-order valence-electron chi connectivity index (χ0n) is 22.0. The van der Waals surface area contributed by atoms with E-state index in [1.165, 1.54) is 32.8 Å². The summed E-state index contributed by atoms with van der Waals surface area (Å²) in [5.41, 5.74) is 2.12. The first-order chi connectivity index (χ1) is 17.4. The van der Waals surface area contributed by atoms with Crippen LogP contribution in [0.1, 0.15) is 62.2 Å². The highest BCUT2D eigenvalue weighted by Crippen LogP contribution is 2.36. The highest BCUT2D eigenvalue weighted by molar-refractivity contribution is 6.30. The normalized spacial score (nSPS) is 20.1. The van der Waals surface area contributed by atoms with Crippen LogP contribution in [-0.2, 0) is 9.47 Å². The largest absolute Gasteiger partial charge is 0.453 e. The van der Waals surface area contributed by atoms with Gasteiger partial charge in [0.1, 0.15) is 0 Å². The molecular formula is C27H43ClN4O4. The summed E-state index contributed by atoms with van der Waals surface area (Å²) in [6.07, 6.45) is 7.33. The molecule has 8 nitrogen and oxygen atoms in total. The minimum atomic E-state index is -0.483. The summed E-state index contributed by atoms with van der Waals surface area (Å²) in [7, 11) is 3.28. The summed E-state index contributed by atoms with van der Waals surface area (Å²) < 4.78 is 11.0. The Kier molecular flexibility index (Phi) is 11.6. The highest BCUT2D eigenvalue weighted by Gasteiger charge is 2.33. The first kappa shape index (κ1) is 28.5. The molecule has 3 atom stereocenters. The van der Waals surface area contributed by atoms with Crippen LogP contribution in [0.5, 0.6) is 0 Å². The maximum Gasteiger partial charge on any atom is 0.406 e. The lowest BCUT2D eigenvalue weighted by molar-refractivity contribution is -0.00898. The fourth-order valence-corrected chi connectivity index (χ4v) is 5.78. The molecule has 9 heteroatoms. The van der Waals surface area contributed by atoms with Gasteiger partial charge in [0, 0.05) is 43.2 Å². The minimum Gasteiger partial charge on any atom is -0.453 e. The van der Waals surface area contributed by atoms with Gasteiger partial charge in [-0.1, -0.05) is 43.4 Å². The van der Waals surface area contributed by atoms with Crippen molar-refractivity contribution in [2.24, 2.45) is 11.8 Å². The first-order valence-electron chi connectivity index (χ1n) is 13.3. The molecule has 0 spiro atoms. The number of piperidine rings is 1. The van der Waals surface area contributed by atoms with Crippen molar-refractivity contribution in [2.45, 2.75) is 64.0 Å². The van der Waals surface area contributed by atoms with E-state index in [0.29, 0.717) is 30.6 Å². The zero-order valence-corrected chi connectivity index (χ0v) is 22.7. The second-order valence-corrected chi connectivity index (χ2v) is 10.6. The van der Waals surface area contributed by atoms with Gasteiger partial charge in [-0.15, -0.1) is 0 Å². The molecule has 0 bridgehead atoms. The van der Waals surface area contributed by atoms with Crippen LogP contribution in [0.15, 0.2) is 18.2 Å². The van der Waals surface area contributed by atoms with Gasteiger partial charge < -0.3 is 30.3 Å². The standard InChI is InChI=1S/C27H43ClN4O4/c1-19-10-11-22(28)16-24(19)25(36-14-12-30-27(34)35-3)21-9-6-13-32(18-21)26(33)31-23(17-29-2)15-20-7-4-5-8-20/h10-11,16,20-21,23,25,29H,4-9,12-15,17-18H2,1-3H3,(H,30,34)(H,31,33). The van der Waals surface area contributed by atoms with Crippen molar-refractivity contribution in [1.82, 2.24) is 20.9 Å². The Bertz CT molecular complexity index is 849. The molecule has 1 saturated carbocycles. The maximum absolute atomic E-state index is 13.3. The predicted octanol–water partition coefficient (Wildman–Crippen LogP) is 4.65. The second-order valence-electron chi connectivity index (χ2n) is 10.1. The van der Waals surface area contributed by atoms with Crippen LogP contribution >= 0.6 is 11.6 Å². The maximum atomic E-state index is 13.3. The van der Waals surface area contributed by atoms with E-state index in [9.17, 15) is 9.59 Å². The Balaban J connectivity index is 1.66. The molecule has 3 rings (SSSR count). The molecule has 3 amide bonds. The summed E-state index contributed by atoms with van der Waals surface area (Å²) >= 11 is 6.35. The SMILES string of the molecule is CNCC(CC1CCCC1)NC(=O)N1CCCC(C(OCCNC(=O)OC)c2cc(Cl)ccc2C)C1. The second kappa shape index (κ2) is 14.6. The van der Waals surface area contributed by atoms with E-state index in [1.807, 2.05) is 37.1 Å². The smallest absolute Gasteiger partial charge is 0.406 e. The van der Waals surface area contributed by atoms with Gasteiger partial charge in [-0.3, -0.25) is 0 Å². The van der Waals surface area contributed by atoms with Gasteiger partial charge in [0.05, 0.1) is 19.8 Å². The monoisotopic (exact) mass is 522 g/mol.